The molecule has 24 heavy (non-hydrogen) atoms. The number of aromatic nitrogens is 2. The van der Waals surface area contributed by atoms with E-state index in [-0.39, 0.29) is 18.2 Å². The van der Waals surface area contributed by atoms with Crippen LogP contribution in [0, 0.1) is 11.6 Å². The van der Waals surface area contributed by atoms with Gasteiger partial charge in [-0.3, -0.25) is 0 Å². The number of nitrogens with one attached hydrogen (secondary N) is 1. The highest BCUT2D eigenvalue weighted by Gasteiger charge is 2.26. The van der Waals surface area contributed by atoms with Crippen LogP contribution in [-0.2, 0) is 6.42 Å². The molecule has 1 saturated heterocycles. The molecular formula is C16H20F2N6. The standard InChI is InChI=1S/C16H20F2N6/c1-21-12-2-3-24(8-12)15-13(14(19)22-16(20)23-15)6-9-4-10(17)7-11(18)5-9/h4-5,7,12,21H,2-3,6,8H2,1H3,(H4,19,20,22,23)/t12-/m1/s1. The van der Waals surface area contributed by atoms with E-state index in [9.17, 15) is 8.78 Å². The van der Waals surface area contributed by atoms with E-state index in [4.69, 9.17) is 11.5 Å². The van der Waals surface area contributed by atoms with Crippen molar-refractivity contribution in [1.82, 2.24) is 15.3 Å². The average Bonchev–Trinajstić information content (AvgIpc) is 2.97. The highest BCUT2D eigenvalue weighted by Crippen LogP contribution is 2.29. The Morgan fingerprint density at radius 2 is 1.92 bits per heavy atom. The fourth-order valence-electron chi connectivity index (χ4n) is 3.04. The van der Waals surface area contributed by atoms with Gasteiger partial charge in [-0.1, -0.05) is 0 Å². The lowest BCUT2D eigenvalue weighted by atomic mass is 10.1. The van der Waals surface area contributed by atoms with Gasteiger partial charge in [0.25, 0.3) is 0 Å². The van der Waals surface area contributed by atoms with Crippen LogP contribution >= 0.6 is 0 Å². The summed E-state index contributed by atoms with van der Waals surface area (Å²) in [6, 6.07) is 3.75. The van der Waals surface area contributed by atoms with Gasteiger partial charge in [0.15, 0.2) is 0 Å². The first-order valence-electron chi connectivity index (χ1n) is 7.75. The summed E-state index contributed by atoms with van der Waals surface area (Å²) in [6.07, 6.45) is 1.20. The number of nitrogen functional groups attached to an aromatic ring is 2. The van der Waals surface area contributed by atoms with Crippen LogP contribution in [0.15, 0.2) is 18.2 Å². The Balaban J connectivity index is 1.97. The second kappa shape index (κ2) is 6.56. The van der Waals surface area contributed by atoms with Gasteiger partial charge in [0.2, 0.25) is 5.95 Å². The molecule has 128 valence electrons. The van der Waals surface area contributed by atoms with E-state index >= 15 is 0 Å². The molecule has 1 aromatic heterocycles. The Labute approximate surface area is 138 Å². The molecule has 2 heterocycles. The van der Waals surface area contributed by atoms with Crippen molar-refractivity contribution in [3.63, 3.8) is 0 Å². The molecule has 2 aromatic rings. The summed E-state index contributed by atoms with van der Waals surface area (Å²) in [4.78, 5) is 10.4. The lowest BCUT2D eigenvalue weighted by Gasteiger charge is -2.22. The molecule has 0 bridgehead atoms. The molecule has 0 unspecified atom stereocenters. The maximum absolute atomic E-state index is 13.5. The van der Waals surface area contributed by atoms with Crippen LogP contribution in [0.2, 0.25) is 0 Å². The number of nitrogens with zero attached hydrogens (tertiary/aromatic N) is 3. The zero-order valence-electron chi connectivity index (χ0n) is 13.4. The molecule has 3 rings (SSSR count). The van der Waals surface area contributed by atoms with Gasteiger partial charge in [-0.15, -0.1) is 0 Å². The summed E-state index contributed by atoms with van der Waals surface area (Å²) < 4.78 is 26.9. The molecule has 0 radical (unpaired) electrons. The van der Waals surface area contributed by atoms with Crippen molar-refractivity contribution in [2.24, 2.45) is 0 Å². The first-order valence-corrected chi connectivity index (χ1v) is 7.75. The summed E-state index contributed by atoms with van der Waals surface area (Å²) >= 11 is 0. The summed E-state index contributed by atoms with van der Waals surface area (Å²) in [5.41, 5.74) is 12.9. The fraction of sp³-hybridized carbons (Fsp3) is 0.375. The first-order chi connectivity index (χ1) is 11.5. The number of hydrogen-bond acceptors (Lipinski definition) is 6. The monoisotopic (exact) mass is 334 g/mol. The van der Waals surface area contributed by atoms with Gasteiger partial charge in [0.1, 0.15) is 23.3 Å². The maximum Gasteiger partial charge on any atom is 0.223 e. The van der Waals surface area contributed by atoms with E-state index in [0.29, 0.717) is 23.0 Å². The van der Waals surface area contributed by atoms with Crippen LogP contribution < -0.4 is 21.7 Å². The van der Waals surface area contributed by atoms with E-state index < -0.39 is 11.6 Å². The van der Waals surface area contributed by atoms with Crippen LogP contribution in [0.1, 0.15) is 17.5 Å². The van der Waals surface area contributed by atoms with Gasteiger partial charge in [-0.05, 0) is 31.2 Å². The third kappa shape index (κ3) is 3.38. The van der Waals surface area contributed by atoms with Crippen molar-refractivity contribution in [3.05, 3.63) is 41.0 Å². The number of rotatable bonds is 4. The van der Waals surface area contributed by atoms with Crippen molar-refractivity contribution >= 4 is 17.6 Å². The molecule has 0 saturated carbocycles. The second-order valence-corrected chi connectivity index (χ2v) is 5.94. The zero-order valence-corrected chi connectivity index (χ0v) is 13.4. The smallest absolute Gasteiger partial charge is 0.223 e. The lowest BCUT2D eigenvalue weighted by molar-refractivity contribution is 0.580. The molecule has 6 nitrogen and oxygen atoms in total. The molecule has 0 spiro atoms. The maximum atomic E-state index is 13.5. The van der Waals surface area contributed by atoms with E-state index in [1.54, 1.807) is 0 Å². The van der Waals surface area contributed by atoms with Gasteiger partial charge in [-0.25, -0.2) is 8.78 Å². The normalized spacial score (nSPS) is 17.5. The van der Waals surface area contributed by atoms with Crippen molar-refractivity contribution in [3.8, 4) is 0 Å². The number of hydrogen-bond donors (Lipinski definition) is 3. The van der Waals surface area contributed by atoms with Crippen LogP contribution in [0.3, 0.4) is 0 Å². The van der Waals surface area contributed by atoms with E-state index in [1.807, 2.05) is 7.05 Å². The minimum atomic E-state index is -0.627. The predicted molar refractivity (Wildman–Crippen MR) is 89.7 cm³/mol. The topological polar surface area (TPSA) is 93.1 Å². The predicted octanol–water partition coefficient (Wildman–Crippen LogP) is 1.31. The van der Waals surface area contributed by atoms with Crippen molar-refractivity contribution < 1.29 is 8.78 Å². The summed E-state index contributed by atoms with van der Waals surface area (Å²) in [6.45, 7) is 1.56. The largest absolute Gasteiger partial charge is 0.383 e. The number of anilines is 3. The third-order valence-corrected chi connectivity index (χ3v) is 4.23. The molecule has 5 N–H and O–H groups in total. The Bertz CT molecular complexity index is 731. The van der Waals surface area contributed by atoms with Crippen LogP contribution in [0.4, 0.5) is 26.4 Å². The average molecular weight is 334 g/mol. The summed E-state index contributed by atoms with van der Waals surface area (Å²) in [5.74, 6) is -0.308. The van der Waals surface area contributed by atoms with E-state index in [2.05, 4.69) is 20.2 Å². The zero-order chi connectivity index (χ0) is 17.3. The van der Waals surface area contributed by atoms with Crippen LogP contribution in [-0.4, -0.2) is 36.1 Å². The van der Waals surface area contributed by atoms with Gasteiger partial charge >= 0.3 is 0 Å². The third-order valence-electron chi connectivity index (χ3n) is 4.23. The van der Waals surface area contributed by atoms with Gasteiger partial charge in [0, 0.05) is 37.2 Å². The number of likely N-dealkylation sites (N-methyl/N-ethyl adjacent to an activating group) is 1. The van der Waals surface area contributed by atoms with Crippen LogP contribution in [0.25, 0.3) is 0 Å². The Morgan fingerprint density at radius 1 is 1.21 bits per heavy atom. The molecule has 1 atom stereocenters. The fourth-order valence-corrected chi connectivity index (χ4v) is 3.04. The summed E-state index contributed by atoms with van der Waals surface area (Å²) in [7, 11) is 1.91. The number of nitrogens with two attached hydrogens (primary N) is 2. The second-order valence-electron chi connectivity index (χ2n) is 5.94. The molecule has 1 aliphatic rings. The quantitative estimate of drug-likeness (QED) is 0.781. The number of benzene rings is 1. The molecule has 1 aliphatic heterocycles. The lowest BCUT2D eigenvalue weighted by Crippen LogP contribution is -2.30. The minimum Gasteiger partial charge on any atom is -0.383 e. The molecule has 0 aliphatic carbocycles. The molecule has 1 fully saturated rings. The first kappa shape index (κ1) is 16.4. The molecule has 1 aromatic carbocycles. The highest BCUT2D eigenvalue weighted by atomic mass is 19.1. The van der Waals surface area contributed by atoms with Gasteiger partial charge < -0.3 is 21.7 Å². The van der Waals surface area contributed by atoms with Crippen molar-refractivity contribution in [1.29, 1.82) is 0 Å². The van der Waals surface area contributed by atoms with Gasteiger partial charge in [-0.2, -0.15) is 9.97 Å². The Hall–Kier alpha value is -2.48. The SMILES string of the molecule is CN[C@@H]1CCN(c2nc(N)nc(N)c2Cc2cc(F)cc(F)c2)C1. The van der Waals surface area contributed by atoms with Crippen molar-refractivity contribution in [2.45, 2.75) is 18.9 Å². The van der Waals surface area contributed by atoms with Gasteiger partial charge in [0.05, 0.1) is 0 Å². The number of halogens is 2. The van der Waals surface area contributed by atoms with Crippen molar-refractivity contribution in [2.75, 3.05) is 36.5 Å². The molecular weight excluding hydrogens is 314 g/mol. The Kier molecular flexibility index (Phi) is 4.48. The molecule has 0 amide bonds. The minimum absolute atomic E-state index is 0.0876. The van der Waals surface area contributed by atoms with E-state index in [1.165, 1.54) is 12.1 Å². The van der Waals surface area contributed by atoms with Crippen LogP contribution in [0.5, 0.6) is 0 Å². The Morgan fingerprint density at radius 3 is 2.54 bits per heavy atom. The highest BCUT2D eigenvalue weighted by molar-refractivity contribution is 5.61. The summed E-state index contributed by atoms with van der Waals surface area (Å²) in [5, 5.41) is 3.23. The van der Waals surface area contributed by atoms with E-state index in [0.717, 1.165) is 25.6 Å². The molecule has 8 heteroatoms.